The van der Waals surface area contributed by atoms with Crippen molar-refractivity contribution in [3.8, 4) is 0 Å². The van der Waals surface area contributed by atoms with E-state index in [9.17, 15) is 4.79 Å². The van der Waals surface area contributed by atoms with E-state index in [1.165, 1.54) is 5.56 Å². The van der Waals surface area contributed by atoms with Crippen molar-refractivity contribution >= 4 is 5.91 Å². The summed E-state index contributed by atoms with van der Waals surface area (Å²) in [5.41, 5.74) is 7.46. The van der Waals surface area contributed by atoms with Crippen LogP contribution >= 0.6 is 0 Å². The number of rotatable bonds is 4. The molecule has 1 fully saturated rings. The Balaban J connectivity index is 1.99. The van der Waals surface area contributed by atoms with Crippen LogP contribution in [0.1, 0.15) is 11.1 Å². The average molecular weight is 249 g/mol. The highest BCUT2D eigenvalue weighted by Crippen LogP contribution is 2.15. The van der Waals surface area contributed by atoms with E-state index >= 15 is 0 Å². The molecule has 1 amide bonds. The van der Waals surface area contributed by atoms with Crippen LogP contribution in [0.25, 0.3) is 0 Å². The third kappa shape index (κ3) is 3.55. The molecule has 2 N–H and O–H groups in total. The summed E-state index contributed by atoms with van der Waals surface area (Å²) in [6.07, 6.45) is 0.320. The van der Waals surface area contributed by atoms with Crippen LogP contribution in [0.5, 0.6) is 0 Å². The second-order valence-corrected chi connectivity index (χ2v) is 5.30. The summed E-state index contributed by atoms with van der Waals surface area (Å²) in [5, 5.41) is 0. The van der Waals surface area contributed by atoms with Crippen molar-refractivity contribution in [2.45, 2.75) is 13.0 Å². The van der Waals surface area contributed by atoms with E-state index in [4.69, 9.17) is 10.5 Å². The monoisotopic (exact) mass is 249 g/mol. The van der Waals surface area contributed by atoms with E-state index in [1.54, 1.807) is 0 Å². The topological polar surface area (TPSA) is 52.3 Å². The summed E-state index contributed by atoms with van der Waals surface area (Å²) < 4.78 is 6.42. The normalized spacial score (nSPS) is 18.5. The lowest BCUT2D eigenvalue weighted by molar-refractivity contribution is -0.929. The number of ether oxygens (including phenoxy) is 1. The van der Waals surface area contributed by atoms with Crippen molar-refractivity contribution in [1.29, 1.82) is 0 Å². The summed E-state index contributed by atoms with van der Waals surface area (Å²) in [6, 6.07) is 8.17. The van der Waals surface area contributed by atoms with Gasteiger partial charge >= 0.3 is 0 Å². The fourth-order valence-corrected chi connectivity index (χ4v) is 2.35. The number of morpholine rings is 1. The van der Waals surface area contributed by atoms with E-state index in [0.717, 1.165) is 42.9 Å². The Kier molecular flexibility index (Phi) is 3.99. The van der Waals surface area contributed by atoms with Gasteiger partial charge in [-0.3, -0.25) is 4.79 Å². The molecule has 0 atom stereocenters. The first kappa shape index (κ1) is 13.1. The molecule has 0 bridgehead atoms. The van der Waals surface area contributed by atoms with Gasteiger partial charge in [-0.1, -0.05) is 24.3 Å². The molecule has 0 aliphatic carbocycles. The molecular formula is C14H21N2O2+. The minimum Gasteiger partial charge on any atom is -0.370 e. The molecule has 0 radical (unpaired) electrons. The molecule has 4 nitrogen and oxygen atoms in total. The maximum Gasteiger partial charge on any atom is 0.221 e. The number of likely N-dealkylation sites (N-methyl/N-ethyl adjacent to an activating group) is 1. The van der Waals surface area contributed by atoms with Crippen LogP contribution in [0, 0.1) is 0 Å². The van der Waals surface area contributed by atoms with Gasteiger partial charge in [0.05, 0.1) is 26.7 Å². The van der Waals surface area contributed by atoms with Gasteiger partial charge in [-0.25, -0.2) is 0 Å². The number of nitrogens with zero attached hydrogens (tertiary/aromatic N) is 1. The molecule has 1 heterocycles. The van der Waals surface area contributed by atoms with Crippen molar-refractivity contribution in [3.63, 3.8) is 0 Å². The fraction of sp³-hybridized carbons (Fsp3) is 0.500. The van der Waals surface area contributed by atoms with Crippen LogP contribution in [-0.4, -0.2) is 43.7 Å². The average Bonchev–Trinajstić information content (AvgIpc) is 2.31. The Labute approximate surface area is 108 Å². The molecular weight excluding hydrogens is 228 g/mol. The molecule has 2 rings (SSSR count). The maximum absolute atomic E-state index is 10.8. The smallest absolute Gasteiger partial charge is 0.221 e. The number of hydrogen-bond donors (Lipinski definition) is 1. The first-order chi connectivity index (χ1) is 8.57. The van der Waals surface area contributed by atoms with Crippen molar-refractivity contribution in [1.82, 2.24) is 0 Å². The number of benzene rings is 1. The molecule has 0 unspecified atom stereocenters. The largest absolute Gasteiger partial charge is 0.370 e. The molecule has 0 aromatic heterocycles. The molecule has 1 aliphatic rings. The number of amides is 1. The van der Waals surface area contributed by atoms with Crippen LogP contribution in [0.3, 0.4) is 0 Å². The second kappa shape index (κ2) is 5.50. The Morgan fingerprint density at radius 1 is 1.22 bits per heavy atom. The predicted octanol–water partition coefficient (Wildman–Crippen LogP) is 0.691. The van der Waals surface area contributed by atoms with Gasteiger partial charge in [-0.15, -0.1) is 0 Å². The van der Waals surface area contributed by atoms with E-state index in [1.807, 2.05) is 12.1 Å². The number of nitrogens with two attached hydrogens (primary N) is 1. The SMILES string of the molecule is C[N+]1(Cc2ccc(CC(N)=O)cc2)CCOCC1. The van der Waals surface area contributed by atoms with Gasteiger partial charge in [-0.05, 0) is 5.56 Å². The predicted molar refractivity (Wildman–Crippen MR) is 69.8 cm³/mol. The van der Waals surface area contributed by atoms with Crippen LogP contribution < -0.4 is 5.73 Å². The highest BCUT2D eigenvalue weighted by Gasteiger charge is 2.25. The van der Waals surface area contributed by atoms with Gasteiger partial charge in [0.15, 0.2) is 0 Å². The highest BCUT2D eigenvalue weighted by molar-refractivity contribution is 5.76. The maximum atomic E-state index is 10.8. The van der Waals surface area contributed by atoms with E-state index in [2.05, 4.69) is 19.2 Å². The molecule has 18 heavy (non-hydrogen) atoms. The van der Waals surface area contributed by atoms with Gasteiger partial charge in [0, 0.05) is 5.56 Å². The lowest BCUT2D eigenvalue weighted by Crippen LogP contribution is -2.51. The number of quaternary nitrogens is 1. The van der Waals surface area contributed by atoms with Gasteiger partial charge in [0.2, 0.25) is 5.91 Å². The lowest BCUT2D eigenvalue weighted by atomic mass is 10.1. The van der Waals surface area contributed by atoms with Gasteiger partial charge in [0.25, 0.3) is 0 Å². The summed E-state index contributed by atoms with van der Waals surface area (Å²) in [6.45, 7) is 4.82. The Hall–Kier alpha value is -1.39. The summed E-state index contributed by atoms with van der Waals surface area (Å²) in [7, 11) is 2.26. The number of carbonyl (C=O) groups is 1. The molecule has 0 saturated carbocycles. The van der Waals surface area contributed by atoms with E-state index in [-0.39, 0.29) is 5.91 Å². The molecule has 1 aromatic carbocycles. The van der Waals surface area contributed by atoms with Gasteiger partial charge in [0.1, 0.15) is 19.6 Å². The number of carbonyl (C=O) groups excluding carboxylic acids is 1. The van der Waals surface area contributed by atoms with Gasteiger partial charge < -0.3 is 15.0 Å². The Morgan fingerprint density at radius 3 is 2.33 bits per heavy atom. The van der Waals surface area contributed by atoms with Crippen molar-refractivity contribution in [2.24, 2.45) is 5.73 Å². The highest BCUT2D eigenvalue weighted by atomic mass is 16.5. The molecule has 0 spiro atoms. The lowest BCUT2D eigenvalue weighted by Gasteiger charge is -2.37. The molecule has 1 aromatic rings. The fourth-order valence-electron chi connectivity index (χ4n) is 2.35. The summed E-state index contributed by atoms with van der Waals surface area (Å²) in [5.74, 6) is -0.282. The molecule has 98 valence electrons. The second-order valence-electron chi connectivity index (χ2n) is 5.30. The van der Waals surface area contributed by atoms with E-state index < -0.39 is 0 Å². The zero-order valence-electron chi connectivity index (χ0n) is 10.9. The zero-order chi connectivity index (χ0) is 13.0. The van der Waals surface area contributed by atoms with Crippen LogP contribution in [-0.2, 0) is 22.5 Å². The van der Waals surface area contributed by atoms with Crippen LogP contribution in [0.4, 0.5) is 0 Å². The zero-order valence-corrected chi connectivity index (χ0v) is 10.9. The Bertz CT molecular complexity index is 408. The summed E-state index contributed by atoms with van der Waals surface area (Å²) in [4.78, 5) is 10.8. The quantitative estimate of drug-likeness (QED) is 0.798. The van der Waals surface area contributed by atoms with Crippen molar-refractivity contribution in [2.75, 3.05) is 33.4 Å². The van der Waals surface area contributed by atoms with Crippen LogP contribution in [0.15, 0.2) is 24.3 Å². The Morgan fingerprint density at radius 2 is 1.78 bits per heavy atom. The van der Waals surface area contributed by atoms with Gasteiger partial charge in [-0.2, -0.15) is 0 Å². The first-order valence-electron chi connectivity index (χ1n) is 6.35. The van der Waals surface area contributed by atoms with Crippen molar-refractivity contribution in [3.05, 3.63) is 35.4 Å². The molecule has 1 aliphatic heterocycles. The minimum absolute atomic E-state index is 0.282. The third-order valence-electron chi connectivity index (χ3n) is 3.52. The summed E-state index contributed by atoms with van der Waals surface area (Å²) >= 11 is 0. The number of primary amides is 1. The minimum atomic E-state index is -0.282. The number of hydrogen-bond acceptors (Lipinski definition) is 2. The van der Waals surface area contributed by atoms with E-state index in [0.29, 0.717) is 6.42 Å². The van der Waals surface area contributed by atoms with Crippen molar-refractivity contribution < 1.29 is 14.0 Å². The molecule has 4 heteroatoms. The molecule has 1 saturated heterocycles. The standard InChI is InChI=1S/C14H20N2O2/c1-16(6-8-18-9-7-16)11-13-4-2-12(3-5-13)10-14(15)17/h2-5H,6-11H2,1H3,(H-,15,17)/p+1. The third-order valence-corrected chi connectivity index (χ3v) is 3.52. The first-order valence-corrected chi connectivity index (χ1v) is 6.35. The van der Waals surface area contributed by atoms with Crippen LogP contribution in [0.2, 0.25) is 0 Å².